The first-order chi connectivity index (χ1) is 9.54. The maximum atomic E-state index is 13.7. The van der Waals surface area contributed by atoms with Gasteiger partial charge in [0.15, 0.2) is 6.04 Å². The summed E-state index contributed by atoms with van der Waals surface area (Å²) in [6.45, 7) is 1.80. The minimum atomic E-state index is -1.18. The Hall–Kier alpha value is -2.44. The molecule has 1 heterocycles. The number of halogens is 1. The highest BCUT2D eigenvalue weighted by Gasteiger charge is 2.37. The third-order valence-corrected chi connectivity index (χ3v) is 2.81. The molecule has 1 unspecified atom stereocenters. The Bertz CT molecular complexity index is 573. The van der Waals surface area contributed by atoms with E-state index in [0.29, 0.717) is 0 Å². The van der Waals surface area contributed by atoms with Crippen molar-refractivity contribution in [2.75, 3.05) is 11.6 Å². The highest BCUT2D eigenvalue weighted by Crippen LogP contribution is 2.27. The average molecular weight is 280 g/mol. The van der Waals surface area contributed by atoms with Crippen molar-refractivity contribution >= 4 is 23.3 Å². The molecule has 0 fully saturated rings. The molecule has 0 saturated carbocycles. The fraction of sp³-hybridized carbons (Fsp3) is 0.308. The summed E-state index contributed by atoms with van der Waals surface area (Å²) in [5.74, 6) is -2.47. The lowest BCUT2D eigenvalue weighted by Crippen LogP contribution is -2.35. The molecule has 0 saturated heterocycles. The lowest BCUT2D eigenvalue weighted by atomic mass is 10.1. The molecular weight excluding hydrogens is 267 g/mol. The van der Waals surface area contributed by atoms with E-state index in [2.05, 4.69) is 5.10 Å². The number of carboxylic acids is 1. The van der Waals surface area contributed by atoms with Gasteiger partial charge in [-0.2, -0.15) is 5.10 Å². The summed E-state index contributed by atoms with van der Waals surface area (Å²) in [6, 6.07) is 4.54. The van der Waals surface area contributed by atoms with Crippen molar-refractivity contribution in [2.24, 2.45) is 5.10 Å². The summed E-state index contributed by atoms with van der Waals surface area (Å²) in [6.07, 6.45) is -0.123. The summed E-state index contributed by atoms with van der Waals surface area (Å²) in [5, 5.41) is 14.1. The fourth-order valence-electron chi connectivity index (χ4n) is 1.90. The molecule has 7 heteroatoms. The van der Waals surface area contributed by atoms with Crippen LogP contribution in [0.5, 0.6) is 0 Å². The number of hydrogen-bond donors (Lipinski definition) is 1. The topological polar surface area (TPSA) is 79.2 Å². The summed E-state index contributed by atoms with van der Waals surface area (Å²) >= 11 is 0. The first-order valence-corrected chi connectivity index (χ1v) is 6.05. The van der Waals surface area contributed by atoms with Crippen LogP contribution in [0.1, 0.15) is 13.3 Å². The number of rotatable bonds is 4. The van der Waals surface area contributed by atoms with E-state index >= 15 is 0 Å². The van der Waals surface area contributed by atoms with Crippen LogP contribution in [0.2, 0.25) is 0 Å². The summed E-state index contributed by atoms with van der Waals surface area (Å²) < 4.78 is 18.5. The number of carbonyl (C=O) groups excluding carboxylic acids is 1. The maximum absolute atomic E-state index is 13.7. The van der Waals surface area contributed by atoms with Crippen LogP contribution in [-0.2, 0) is 14.3 Å². The Labute approximate surface area is 114 Å². The number of anilines is 1. The van der Waals surface area contributed by atoms with Gasteiger partial charge in [0.25, 0.3) is 0 Å². The van der Waals surface area contributed by atoms with E-state index in [9.17, 15) is 19.1 Å². The normalized spacial score (nSPS) is 17.8. The molecular formula is C13H13FN2O4. The first-order valence-electron chi connectivity index (χ1n) is 6.05. The van der Waals surface area contributed by atoms with Crippen LogP contribution >= 0.6 is 0 Å². The number of ether oxygens (including phenoxy) is 1. The first kappa shape index (κ1) is 14.0. The van der Waals surface area contributed by atoms with E-state index in [1.54, 1.807) is 13.0 Å². The molecule has 0 spiro atoms. The van der Waals surface area contributed by atoms with E-state index in [0.717, 1.165) is 5.01 Å². The lowest BCUT2D eigenvalue weighted by Gasteiger charge is -2.20. The van der Waals surface area contributed by atoms with Crippen molar-refractivity contribution in [3.63, 3.8) is 0 Å². The van der Waals surface area contributed by atoms with Gasteiger partial charge in [0.1, 0.15) is 11.5 Å². The number of carboxylic acid groups (broad SMARTS) is 1. The molecule has 6 nitrogen and oxygen atoms in total. The van der Waals surface area contributed by atoms with Crippen molar-refractivity contribution in [3.05, 3.63) is 30.1 Å². The smallest absolute Gasteiger partial charge is 0.354 e. The Balaban J connectivity index is 2.35. The number of nitrogens with zero attached hydrogens (tertiary/aromatic N) is 2. The summed E-state index contributed by atoms with van der Waals surface area (Å²) in [7, 11) is 0. The fourth-order valence-corrected chi connectivity index (χ4v) is 1.90. The van der Waals surface area contributed by atoms with Crippen molar-refractivity contribution in [3.8, 4) is 0 Å². The number of esters is 1. The highest BCUT2D eigenvalue weighted by molar-refractivity contribution is 6.38. The number of para-hydroxylation sites is 1. The van der Waals surface area contributed by atoms with Crippen molar-refractivity contribution < 1.29 is 23.8 Å². The van der Waals surface area contributed by atoms with Gasteiger partial charge in [-0.05, 0) is 19.1 Å². The van der Waals surface area contributed by atoms with E-state index in [1.807, 2.05) is 0 Å². The lowest BCUT2D eigenvalue weighted by molar-refractivity contribution is -0.138. The number of carbonyl (C=O) groups is 2. The Kier molecular flexibility index (Phi) is 3.97. The van der Waals surface area contributed by atoms with Crippen LogP contribution in [-0.4, -0.2) is 35.4 Å². The molecule has 1 aliphatic heterocycles. The zero-order valence-corrected chi connectivity index (χ0v) is 10.7. The van der Waals surface area contributed by atoms with E-state index in [-0.39, 0.29) is 24.4 Å². The zero-order valence-electron chi connectivity index (χ0n) is 10.7. The quantitative estimate of drug-likeness (QED) is 0.843. The standard InChI is InChI=1S/C13H13FN2O4/c1-2-20-13(19)9-7-11(12(17)18)16(15-9)10-6-4-3-5-8(10)14/h3-6,11H,2,7H2,1H3,(H,17,18). The van der Waals surface area contributed by atoms with Gasteiger partial charge in [0.2, 0.25) is 0 Å². The Morgan fingerprint density at radius 2 is 2.20 bits per heavy atom. The second kappa shape index (κ2) is 5.68. The SMILES string of the molecule is CCOC(=O)C1=NN(c2ccccc2F)C(C(=O)O)C1. The third kappa shape index (κ3) is 2.61. The summed E-state index contributed by atoms with van der Waals surface area (Å²) in [4.78, 5) is 22.8. The molecule has 1 atom stereocenters. The molecule has 106 valence electrons. The van der Waals surface area contributed by atoms with Crippen molar-refractivity contribution in [1.82, 2.24) is 0 Å². The number of benzene rings is 1. The number of aliphatic carboxylic acids is 1. The maximum Gasteiger partial charge on any atom is 0.354 e. The van der Waals surface area contributed by atoms with Crippen LogP contribution in [0.3, 0.4) is 0 Å². The molecule has 1 aromatic rings. The van der Waals surface area contributed by atoms with Gasteiger partial charge >= 0.3 is 11.9 Å². The van der Waals surface area contributed by atoms with Gasteiger partial charge in [0, 0.05) is 6.42 Å². The molecule has 20 heavy (non-hydrogen) atoms. The average Bonchev–Trinajstić information content (AvgIpc) is 2.84. The van der Waals surface area contributed by atoms with Crippen LogP contribution < -0.4 is 5.01 Å². The largest absolute Gasteiger partial charge is 0.480 e. The van der Waals surface area contributed by atoms with Gasteiger partial charge in [-0.3, -0.25) is 0 Å². The van der Waals surface area contributed by atoms with Gasteiger partial charge in [-0.15, -0.1) is 0 Å². The molecule has 1 N–H and O–H groups in total. The van der Waals surface area contributed by atoms with Gasteiger partial charge in [-0.1, -0.05) is 12.1 Å². The number of hydrogen-bond acceptors (Lipinski definition) is 5. The second-order valence-electron chi connectivity index (χ2n) is 4.12. The molecule has 0 bridgehead atoms. The van der Waals surface area contributed by atoms with Gasteiger partial charge < -0.3 is 9.84 Å². The highest BCUT2D eigenvalue weighted by atomic mass is 19.1. The predicted octanol–water partition coefficient (Wildman–Crippen LogP) is 1.41. The zero-order chi connectivity index (χ0) is 14.7. The molecule has 1 aliphatic rings. The molecule has 0 aromatic heterocycles. The summed E-state index contributed by atoms with van der Waals surface area (Å²) in [5.41, 5.74) is -0.0123. The molecule has 0 aliphatic carbocycles. The van der Waals surface area contributed by atoms with Crippen LogP contribution in [0.4, 0.5) is 10.1 Å². The van der Waals surface area contributed by atoms with Gasteiger partial charge in [0.05, 0.1) is 12.3 Å². The van der Waals surface area contributed by atoms with E-state index in [4.69, 9.17) is 4.74 Å². The van der Waals surface area contributed by atoms with Crippen LogP contribution in [0, 0.1) is 5.82 Å². The van der Waals surface area contributed by atoms with Crippen molar-refractivity contribution in [1.29, 1.82) is 0 Å². The van der Waals surface area contributed by atoms with E-state index < -0.39 is 23.8 Å². The molecule has 1 aromatic carbocycles. The monoisotopic (exact) mass is 280 g/mol. The van der Waals surface area contributed by atoms with E-state index in [1.165, 1.54) is 18.2 Å². The van der Waals surface area contributed by atoms with Crippen molar-refractivity contribution in [2.45, 2.75) is 19.4 Å². The van der Waals surface area contributed by atoms with Crippen LogP contribution in [0.15, 0.2) is 29.4 Å². The molecule has 0 amide bonds. The minimum Gasteiger partial charge on any atom is -0.480 e. The molecule has 0 radical (unpaired) electrons. The Morgan fingerprint density at radius 3 is 2.80 bits per heavy atom. The van der Waals surface area contributed by atoms with Crippen LogP contribution in [0.25, 0.3) is 0 Å². The second-order valence-corrected chi connectivity index (χ2v) is 4.12. The van der Waals surface area contributed by atoms with Gasteiger partial charge in [-0.25, -0.2) is 19.0 Å². The predicted molar refractivity (Wildman–Crippen MR) is 69.0 cm³/mol. The number of hydrazone groups is 1. The molecule has 2 rings (SSSR count). The minimum absolute atomic E-state index is 0.0131. The Morgan fingerprint density at radius 1 is 1.50 bits per heavy atom. The third-order valence-electron chi connectivity index (χ3n) is 2.81.